The molecule has 0 bridgehead atoms. The van der Waals surface area contributed by atoms with Crippen LogP contribution < -0.4 is 4.74 Å². The maximum Gasteiger partial charge on any atom is 0.169 e. The fourth-order valence-electron chi connectivity index (χ4n) is 1.67. The summed E-state index contributed by atoms with van der Waals surface area (Å²) in [5, 5.41) is 0. The first-order chi connectivity index (χ1) is 8.16. The summed E-state index contributed by atoms with van der Waals surface area (Å²) < 4.78 is 11.9. The zero-order valence-electron chi connectivity index (χ0n) is 9.94. The molecule has 0 fully saturated rings. The Balaban J connectivity index is 2.08. The minimum atomic E-state index is 0.453. The highest BCUT2D eigenvalue weighted by atomic mass is 79.9. The minimum absolute atomic E-state index is 0.453. The Morgan fingerprint density at radius 1 is 1.18 bits per heavy atom. The minimum Gasteiger partial charge on any atom is -0.485 e. The average Bonchev–Trinajstić information content (AvgIpc) is 2.73. The molecule has 3 heteroatoms. The molecular formula is C14H15BrO2. The molecule has 90 valence electrons. The maximum atomic E-state index is 5.78. The quantitative estimate of drug-likeness (QED) is 0.812. The van der Waals surface area contributed by atoms with Gasteiger partial charge in [0.2, 0.25) is 0 Å². The summed E-state index contributed by atoms with van der Waals surface area (Å²) in [5.74, 6) is 2.19. The van der Waals surface area contributed by atoms with E-state index in [0.717, 1.165) is 16.2 Å². The Bertz CT molecular complexity index is 488. The largest absolute Gasteiger partial charge is 0.485 e. The van der Waals surface area contributed by atoms with E-state index in [1.54, 1.807) is 0 Å². The van der Waals surface area contributed by atoms with Crippen LogP contribution in [0.4, 0.5) is 0 Å². The summed E-state index contributed by atoms with van der Waals surface area (Å²) in [4.78, 5) is 0. The Kier molecular flexibility index (Phi) is 3.89. The van der Waals surface area contributed by atoms with Crippen molar-refractivity contribution in [2.24, 2.45) is 0 Å². The van der Waals surface area contributed by atoms with Crippen LogP contribution in [-0.2, 0) is 6.61 Å². The topological polar surface area (TPSA) is 22.4 Å². The van der Waals surface area contributed by atoms with E-state index in [0.29, 0.717) is 12.5 Å². The predicted octanol–water partition coefficient (Wildman–Crippen LogP) is 4.74. The van der Waals surface area contributed by atoms with Crippen LogP contribution in [0.25, 0.3) is 0 Å². The van der Waals surface area contributed by atoms with Crippen LogP contribution >= 0.6 is 15.9 Å². The van der Waals surface area contributed by atoms with Gasteiger partial charge in [0.15, 0.2) is 4.67 Å². The van der Waals surface area contributed by atoms with Gasteiger partial charge in [0.05, 0.1) is 0 Å². The van der Waals surface area contributed by atoms with Gasteiger partial charge in [-0.25, -0.2) is 0 Å². The van der Waals surface area contributed by atoms with E-state index < -0.39 is 0 Å². The fraction of sp³-hybridized carbons (Fsp3) is 0.286. The maximum absolute atomic E-state index is 5.78. The number of para-hydroxylation sites is 1. The molecule has 17 heavy (non-hydrogen) atoms. The van der Waals surface area contributed by atoms with Gasteiger partial charge in [0.25, 0.3) is 0 Å². The molecule has 0 N–H and O–H groups in total. The lowest BCUT2D eigenvalue weighted by Crippen LogP contribution is -1.98. The monoisotopic (exact) mass is 294 g/mol. The number of hydrogen-bond acceptors (Lipinski definition) is 2. The van der Waals surface area contributed by atoms with Crippen molar-refractivity contribution in [2.75, 3.05) is 0 Å². The van der Waals surface area contributed by atoms with Gasteiger partial charge in [0.1, 0.15) is 18.1 Å². The Morgan fingerprint density at radius 2 is 1.94 bits per heavy atom. The van der Waals surface area contributed by atoms with Crippen molar-refractivity contribution in [3.8, 4) is 5.75 Å². The SMILES string of the molecule is CC(C)c1ccccc1OCc1ccc(Br)o1. The second-order valence-corrected chi connectivity index (χ2v) is 4.97. The molecule has 0 aliphatic carbocycles. The van der Waals surface area contributed by atoms with Crippen molar-refractivity contribution in [1.29, 1.82) is 0 Å². The second-order valence-electron chi connectivity index (χ2n) is 4.19. The average molecular weight is 295 g/mol. The third-order valence-electron chi connectivity index (χ3n) is 2.54. The standard InChI is InChI=1S/C14H15BrO2/c1-10(2)12-5-3-4-6-13(12)16-9-11-7-8-14(15)17-11/h3-8,10H,9H2,1-2H3. The van der Waals surface area contributed by atoms with Crippen LogP contribution in [-0.4, -0.2) is 0 Å². The molecule has 0 spiro atoms. The molecule has 0 radical (unpaired) electrons. The third-order valence-corrected chi connectivity index (χ3v) is 2.97. The molecule has 0 saturated heterocycles. The van der Waals surface area contributed by atoms with Crippen molar-refractivity contribution in [2.45, 2.75) is 26.4 Å². The number of hydrogen-bond donors (Lipinski definition) is 0. The third kappa shape index (κ3) is 3.13. The van der Waals surface area contributed by atoms with E-state index in [1.165, 1.54) is 5.56 Å². The summed E-state index contributed by atoms with van der Waals surface area (Å²) in [6.45, 7) is 4.77. The number of ether oxygens (including phenoxy) is 1. The van der Waals surface area contributed by atoms with E-state index in [1.807, 2.05) is 30.3 Å². The van der Waals surface area contributed by atoms with Gasteiger partial charge in [-0.1, -0.05) is 32.0 Å². The molecule has 0 aliphatic heterocycles. The molecule has 0 saturated carbocycles. The number of benzene rings is 1. The highest BCUT2D eigenvalue weighted by Crippen LogP contribution is 2.27. The number of furan rings is 1. The van der Waals surface area contributed by atoms with Crippen molar-refractivity contribution < 1.29 is 9.15 Å². The number of halogens is 1. The van der Waals surface area contributed by atoms with Gasteiger partial charge in [-0.05, 0) is 45.6 Å². The molecule has 0 unspecified atom stereocenters. The van der Waals surface area contributed by atoms with Gasteiger partial charge < -0.3 is 9.15 Å². The normalized spacial score (nSPS) is 10.8. The van der Waals surface area contributed by atoms with Crippen LogP contribution in [0.5, 0.6) is 5.75 Å². The van der Waals surface area contributed by atoms with E-state index >= 15 is 0 Å². The molecule has 1 heterocycles. The summed E-state index contributed by atoms with van der Waals surface area (Å²) in [6.07, 6.45) is 0. The van der Waals surface area contributed by atoms with Crippen LogP contribution in [0, 0.1) is 0 Å². The van der Waals surface area contributed by atoms with E-state index in [4.69, 9.17) is 9.15 Å². The lowest BCUT2D eigenvalue weighted by atomic mass is 10.0. The first-order valence-electron chi connectivity index (χ1n) is 5.62. The summed E-state index contributed by atoms with van der Waals surface area (Å²) >= 11 is 3.27. The highest BCUT2D eigenvalue weighted by molar-refractivity contribution is 9.10. The van der Waals surface area contributed by atoms with Crippen LogP contribution in [0.3, 0.4) is 0 Å². The van der Waals surface area contributed by atoms with Gasteiger partial charge in [-0.15, -0.1) is 0 Å². The van der Waals surface area contributed by atoms with Crippen molar-refractivity contribution in [3.05, 3.63) is 52.4 Å². The van der Waals surface area contributed by atoms with Gasteiger partial charge in [-0.3, -0.25) is 0 Å². The first-order valence-corrected chi connectivity index (χ1v) is 6.42. The molecule has 0 aliphatic rings. The summed E-state index contributed by atoms with van der Waals surface area (Å²) in [5.41, 5.74) is 1.22. The molecule has 2 nitrogen and oxygen atoms in total. The predicted molar refractivity (Wildman–Crippen MR) is 71.3 cm³/mol. The zero-order valence-corrected chi connectivity index (χ0v) is 11.5. The van der Waals surface area contributed by atoms with E-state index in [-0.39, 0.29) is 0 Å². The second kappa shape index (κ2) is 5.41. The molecule has 0 amide bonds. The Morgan fingerprint density at radius 3 is 2.59 bits per heavy atom. The van der Waals surface area contributed by atoms with Gasteiger partial charge in [-0.2, -0.15) is 0 Å². The summed E-state index contributed by atoms with van der Waals surface area (Å²) in [7, 11) is 0. The van der Waals surface area contributed by atoms with Gasteiger partial charge >= 0.3 is 0 Å². The molecular weight excluding hydrogens is 280 g/mol. The van der Waals surface area contributed by atoms with E-state index in [2.05, 4.69) is 35.8 Å². The molecule has 1 aromatic carbocycles. The molecule has 0 atom stereocenters. The highest BCUT2D eigenvalue weighted by Gasteiger charge is 2.07. The van der Waals surface area contributed by atoms with Crippen LogP contribution in [0.1, 0.15) is 31.1 Å². The van der Waals surface area contributed by atoms with E-state index in [9.17, 15) is 0 Å². The lowest BCUT2D eigenvalue weighted by molar-refractivity contribution is 0.264. The zero-order chi connectivity index (χ0) is 12.3. The van der Waals surface area contributed by atoms with Crippen molar-refractivity contribution in [3.63, 3.8) is 0 Å². The molecule has 2 aromatic rings. The fourth-order valence-corrected chi connectivity index (χ4v) is 2.01. The molecule has 2 rings (SSSR count). The van der Waals surface area contributed by atoms with Crippen molar-refractivity contribution >= 4 is 15.9 Å². The van der Waals surface area contributed by atoms with Gasteiger partial charge in [0, 0.05) is 0 Å². The summed E-state index contributed by atoms with van der Waals surface area (Å²) in [6, 6.07) is 11.9. The molecule has 1 aromatic heterocycles. The number of rotatable bonds is 4. The lowest BCUT2D eigenvalue weighted by Gasteiger charge is -2.12. The smallest absolute Gasteiger partial charge is 0.169 e. The van der Waals surface area contributed by atoms with Crippen LogP contribution in [0.2, 0.25) is 0 Å². The van der Waals surface area contributed by atoms with Crippen molar-refractivity contribution in [1.82, 2.24) is 0 Å². The first kappa shape index (κ1) is 12.2. The van der Waals surface area contributed by atoms with Crippen LogP contribution in [0.15, 0.2) is 45.5 Å². The Labute approximate surface area is 110 Å². The Hall–Kier alpha value is -1.22.